The van der Waals surface area contributed by atoms with E-state index in [1.165, 1.54) is 12.1 Å². The average Bonchev–Trinajstić information content (AvgIpc) is 2.34. The molecule has 0 radical (unpaired) electrons. The molecule has 1 aromatic rings. The SMILES string of the molecule is O=C(O)CN1CCCC2(C1)CN(c1cc(F)cc(F)c1)C2. The van der Waals surface area contributed by atoms with Gasteiger partial charge in [0.15, 0.2) is 0 Å². The van der Waals surface area contributed by atoms with Crippen molar-refractivity contribution in [2.45, 2.75) is 12.8 Å². The fraction of sp³-hybridized carbons (Fsp3) is 0.533. The lowest BCUT2D eigenvalue weighted by atomic mass is 9.73. The molecule has 2 heterocycles. The number of carboxylic acid groups (broad SMARTS) is 1. The molecule has 0 unspecified atom stereocenters. The van der Waals surface area contributed by atoms with Crippen molar-refractivity contribution >= 4 is 11.7 Å². The number of carboxylic acids is 1. The van der Waals surface area contributed by atoms with Gasteiger partial charge in [0.2, 0.25) is 0 Å². The Labute approximate surface area is 122 Å². The summed E-state index contributed by atoms with van der Waals surface area (Å²) in [5.74, 6) is -1.94. The van der Waals surface area contributed by atoms with E-state index in [9.17, 15) is 13.6 Å². The van der Waals surface area contributed by atoms with Gasteiger partial charge in [-0.05, 0) is 31.5 Å². The smallest absolute Gasteiger partial charge is 0.317 e. The lowest BCUT2D eigenvalue weighted by molar-refractivity contribution is -0.139. The Morgan fingerprint density at radius 1 is 1.19 bits per heavy atom. The van der Waals surface area contributed by atoms with Gasteiger partial charge in [-0.1, -0.05) is 0 Å². The molecule has 0 bridgehead atoms. The third-order valence-electron chi connectivity index (χ3n) is 4.36. The lowest BCUT2D eigenvalue weighted by Crippen LogP contribution is -2.63. The molecule has 0 aromatic heterocycles. The summed E-state index contributed by atoms with van der Waals surface area (Å²) < 4.78 is 26.5. The third-order valence-corrected chi connectivity index (χ3v) is 4.36. The zero-order valence-corrected chi connectivity index (χ0v) is 11.7. The van der Waals surface area contributed by atoms with E-state index in [0.29, 0.717) is 5.69 Å². The van der Waals surface area contributed by atoms with Crippen molar-refractivity contribution in [2.75, 3.05) is 37.6 Å². The fourth-order valence-corrected chi connectivity index (χ4v) is 3.56. The van der Waals surface area contributed by atoms with Gasteiger partial charge >= 0.3 is 5.97 Å². The van der Waals surface area contributed by atoms with Gasteiger partial charge < -0.3 is 10.0 Å². The number of aliphatic carboxylic acids is 1. The van der Waals surface area contributed by atoms with Crippen molar-refractivity contribution in [2.24, 2.45) is 5.41 Å². The van der Waals surface area contributed by atoms with Crippen LogP contribution in [0.1, 0.15) is 12.8 Å². The summed E-state index contributed by atoms with van der Waals surface area (Å²) in [5, 5.41) is 8.88. The molecule has 1 aromatic carbocycles. The quantitative estimate of drug-likeness (QED) is 0.926. The predicted molar refractivity (Wildman–Crippen MR) is 74.3 cm³/mol. The molecule has 2 saturated heterocycles. The fourth-order valence-electron chi connectivity index (χ4n) is 3.56. The van der Waals surface area contributed by atoms with Crippen LogP contribution in [0.15, 0.2) is 18.2 Å². The molecule has 3 rings (SSSR count). The molecule has 0 saturated carbocycles. The number of piperidine rings is 1. The van der Waals surface area contributed by atoms with Gasteiger partial charge in [0.1, 0.15) is 11.6 Å². The van der Waals surface area contributed by atoms with Crippen molar-refractivity contribution in [3.63, 3.8) is 0 Å². The van der Waals surface area contributed by atoms with E-state index in [4.69, 9.17) is 5.11 Å². The van der Waals surface area contributed by atoms with Crippen LogP contribution in [0, 0.1) is 17.0 Å². The second kappa shape index (κ2) is 5.26. The van der Waals surface area contributed by atoms with Crippen molar-refractivity contribution in [3.05, 3.63) is 29.8 Å². The van der Waals surface area contributed by atoms with Crippen LogP contribution in [0.25, 0.3) is 0 Å². The Kier molecular flexibility index (Phi) is 3.57. The summed E-state index contributed by atoms with van der Waals surface area (Å²) in [7, 11) is 0. The molecule has 0 aliphatic carbocycles. The first-order valence-electron chi connectivity index (χ1n) is 7.11. The number of hydrogen-bond acceptors (Lipinski definition) is 3. The minimum atomic E-state index is -0.810. The van der Waals surface area contributed by atoms with Crippen LogP contribution in [-0.2, 0) is 4.79 Å². The maximum Gasteiger partial charge on any atom is 0.317 e. The zero-order valence-electron chi connectivity index (χ0n) is 11.7. The number of hydrogen-bond donors (Lipinski definition) is 1. The normalized spacial score (nSPS) is 21.3. The van der Waals surface area contributed by atoms with Crippen LogP contribution in [0.3, 0.4) is 0 Å². The van der Waals surface area contributed by atoms with Crippen molar-refractivity contribution in [1.82, 2.24) is 4.90 Å². The summed E-state index contributed by atoms with van der Waals surface area (Å²) in [6.07, 6.45) is 2.01. The van der Waals surface area contributed by atoms with Crippen LogP contribution in [0.5, 0.6) is 0 Å². The largest absolute Gasteiger partial charge is 0.480 e. The van der Waals surface area contributed by atoms with Gasteiger partial charge in [-0.3, -0.25) is 9.69 Å². The molecule has 0 atom stereocenters. The number of nitrogens with zero attached hydrogens (tertiary/aromatic N) is 2. The summed E-state index contributed by atoms with van der Waals surface area (Å²) in [5.41, 5.74) is 0.629. The van der Waals surface area contributed by atoms with E-state index in [1.807, 2.05) is 9.80 Å². The molecule has 1 spiro atoms. The van der Waals surface area contributed by atoms with Gasteiger partial charge in [0, 0.05) is 36.8 Å². The van der Waals surface area contributed by atoms with E-state index in [-0.39, 0.29) is 12.0 Å². The Morgan fingerprint density at radius 3 is 2.48 bits per heavy atom. The number of anilines is 1. The number of likely N-dealkylation sites (tertiary alicyclic amines) is 1. The molecule has 114 valence electrons. The minimum absolute atomic E-state index is 0.0658. The van der Waals surface area contributed by atoms with E-state index in [2.05, 4.69) is 0 Å². The number of benzene rings is 1. The standard InChI is InChI=1S/C15H18F2N2O2/c16-11-4-12(17)6-13(5-11)19-9-15(10-19)2-1-3-18(8-15)7-14(20)21/h4-6H,1-3,7-10H2,(H,20,21). The van der Waals surface area contributed by atoms with Crippen LogP contribution in [0.2, 0.25) is 0 Å². The van der Waals surface area contributed by atoms with E-state index < -0.39 is 17.6 Å². The average molecular weight is 296 g/mol. The first-order valence-corrected chi connectivity index (χ1v) is 7.11. The molecule has 4 nitrogen and oxygen atoms in total. The Hall–Kier alpha value is -1.69. The highest BCUT2D eigenvalue weighted by atomic mass is 19.1. The van der Waals surface area contributed by atoms with Crippen molar-refractivity contribution in [3.8, 4) is 0 Å². The monoisotopic (exact) mass is 296 g/mol. The van der Waals surface area contributed by atoms with Crippen molar-refractivity contribution in [1.29, 1.82) is 0 Å². The molecule has 6 heteroatoms. The lowest BCUT2D eigenvalue weighted by Gasteiger charge is -2.55. The highest BCUT2D eigenvalue weighted by Gasteiger charge is 2.45. The minimum Gasteiger partial charge on any atom is -0.480 e. The summed E-state index contributed by atoms with van der Waals surface area (Å²) in [4.78, 5) is 14.7. The topological polar surface area (TPSA) is 43.8 Å². The second-order valence-electron chi connectivity index (χ2n) is 6.19. The van der Waals surface area contributed by atoms with Gasteiger partial charge in [-0.2, -0.15) is 0 Å². The molecular weight excluding hydrogens is 278 g/mol. The van der Waals surface area contributed by atoms with E-state index in [0.717, 1.165) is 45.1 Å². The molecule has 0 amide bonds. The van der Waals surface area contributed by atoms with Crippen LogP contribution in [-0.4, -0.2) is 48.7 Å². The van der Waals surface area contributed by atoms with E-state index in [1.54, 1.807) is 0 Å². The molecule has 1 N–H and O–H groups in total. The van der Waals surface area contributed by atoms with Gasteiger partial charge in [-0.25, -0.2) is 8.78 Å². The predicted octanol–water partition coefficient (Wildman–Crippen LogP) is 1.95. The maximum absolute atomic E-state index is 13.2. The van der Waals surface area contributed by atoms with Crippen LogP contribution in [0.4, 0.5) is 14.5 Å². The zero-order chi connectivity index (χ0) is 15.0. The first kappa shape index (κ1) is 14.3. The molecule has 2 aliphatic rings. The maximum atomic E-state index is 13.2. The first-order chi connectivity index (χ1) is 9.96. The molecule has 2 aliphatic heterocycles. The van der Waals surface area contributed by atoms with Crippen LogP contribution >= 0.6 is 0 Å². The second-order valence-corrected chi connectivity index (χ2v) is 6.19. The number of halogens is 2. The Balaban J connectivity index is 1.64. The Bertz CT molecular complexity index is 538. The van der Waals surface area contributed by atoms with Gasteiger partial charge in [0.05, 0.1) is 6.54 Å². The van der Waals surface area contributed by atoms with Crippen LogP contribution < -0.4 is 4.90 Å². The highest BCUT2D eigenvalue weighted by molar-refractivity contribution is 5.69. The van der Waals surface area contributed by atoms with E-state index >= 15 is 0 Å². The van der Waals surface area contributed by atoms with Crippen molar-refractivity contribution < 1.29 is 18.7 Å². The molecule has 21 heavy (non-hydrogen) atoms. The molecular formula is C15H18F2N2O2. The number of rotatable bonds is 3. The number of carbonyl (C=O) groups is 1. The third kappa shape index (κ3) is 3.00. The Morgan fingerprint density at radius 2 is 1.86 bits per heavy atom. The highest BCUT2D eigenvalue weighted by Crippen LogP contribution is 2.41. The summed E-state index contributed by atoms with van der Waals surface area (Å²) in [6, 6.07) is 3.55. The van der Waals surface area contributed by atoms with Gasteiger partial charge in [-0.15, -0.1) is 0 Å². The summed E-state index contributed by atoms with van der Waals surface area (Å²) in [6.45, 7) is 3.07. The summed E-state index contributed by atoms with van der Waals surface area (Å²) >= 11 is 0. The van der Waals surface area contributed by atoms with Gasteiger partial charge in [0.25, 0.3) is 0 Å². The molecule has 2 fully saturated rings.